The first-order valence-electron chi connectivity index (χ1n) is 9.94. The minimum Gasteiger partial charge on any atom is -0.343 e. The Morgan fingerprint density at radius 1 is 1.04 bits per heavy atom. The zero-order valence-corrected chi connectivity index (χ0v) is 16.2. The number of likely N-dealkylation sites (tertiary alicyclic amines) is 2. The average Bonchev–Trinajstić information content (AvgIpc) is 3.14. The van der Waals surface area contributed by atoms with Gasteiger partial charge < -0.3 is 4.90 Å². The molecular formula is C20H28N6O. The van der Waals surface area contributed by atoms with E-state index in [4.69, 9.17) is 4.98 Å². The van der Waals surface area contributed by atoms with Crippen molar-refractivity contribution in [3.63, 3.8) is 0 Å². The van der Waals surface area contributed by atoms with Gasteiger partial charge in [-0.1, -0.05) is 0 Å². The van der Waals surface area contributed by atoms with Gasteiger partial charge in [-0.05, 0) is 39.2 Å². The second-order valence-electron chi connectivity index (χ2n) is 7.68. The van der Waals surface area contributed by atoms with Crippen LogP contribution in [0.3, 0.4) is 0 Å². The molecule has 2 fully saturated rings. The Kier molecular flexibility index (Phi) is 5.20. The van der Waals surface area contributed by atoms with Crippen molar-refractivity contribution in [1.82, 2.24) is 29.3 Å². The monoisotopic (exact) mass is 368 g/mol. The van der Waals surface area contributed by atoms with Crippen LogP contribution in [0.1, 0.15) is 50.0 Å². The van der Waals surface area contributed by atoms with Gasteiger partial charge in [-0.2, -0.15) is 0 Å². The van der Waals surface area contributed by atoms with Crippen molar-refractivity contribution in [2.45, 2.75) is 51.5 Å². The van der Waals surface area contributed by atoms with Crippen LogP contribution in [0.2, 0.25) is 0 Å². The summed E-state index contributed by atoms with van der Waals surface area (Å²) in [5.41, 5.74) is 1.07. The average molecular weight is 368 g/mol. The van der Waals surface area contributed by atoms with Crippen molar-refractivity contribution in [2.75, 3.05) is 26.2 Å². The summed E-state index contributed by atoms with van der Waals surface area (Å²) in [6.07, 6.45) is 11.8. The molecule has 0 unspecified atom stereocenters. The number of carbonyl (C=O) groups is 1. The van der Waals surface area contributed by atoms with Gasteiger partial charge in [0.2, 0.25) is 5.91 Å². The minimum absolute atomic E-state index is 0.199. The van der Waals surface area contributed by atoms with Crippen molar-refractivity contribution in [3.05, 3.63) is 36.3 Å². The molecule has 2 aromatic heterocycles. The van der Waals surface area contributed by atoms with Gasteiger partial charge in [-0.3, -0.25) is 19.2 Å². The number of aryl methyl sites for hydroxylation is 1. The second kappa shape index (κ2) is 7.76. The summed E-state index contributed by atoms with van der Waals surface area (Å²) in [6, 6.07) is 0.568. The third-order valence-electron chi connectivity index (χ3n) is 6.03. The highest BCUT2D eigenvalue weighted by molar-refractivity contribution is 5.73. The molecule has 27 heavy (non-hydrogen) atoms. The van der Waals surface area contributed by atoms with Crippen LogP contribution in [0.5, 0.6) is 0 Å². The van der Waals surface area contributed by atoms with Crippen LogP contribution < -0.4 is 0 Å². The van der Waals surface area contributed by atoms with Crippen molar-refractivity contribution >= 4 is 5.91 Å². The SMILES string of the molecule is CC(=O)N1CCC(N2CCC[C@H](c3nccnc3-n3ccnc3C)C2)CC1. The highest BCUT2D eigenvalue weighted by Gasteiger charge is 2.31. The van der Waals surface area contributed by atoms with Gasteiger partial charge in [-0.15, -0.1) is 0 Å². The second-order valence-corrected chi connectivity index (χ2v) is 7.68. The lowest BCUT2D eigenvalue weighted by Gasteiger charge is -2.42. The highest BCUT2D eigenvalue weighted by Crippen LogP contribution is 2.31. The van der Waals surface area contributed by atoms with Crippen LogP contribution in [-0.2, 0) is 4.79 Å². The Bertz CT molecular complexity index is 795. The molecule has 0 aliphatic carbocycles. The Hall–Kier alpha value is -2.28. The number of hydrogen-bond donors (Lipinski definition) is 0. The molecule has 0 N–H and O–H groups in total. The predicted molar refractivity (Wildman–Crippen MR) is 103 cm³/mol. The van der Waals surface area contributed by atoms with E-state index in [2.05, 4.69) is 14.9 Å². The van der Waals surface area contributed by atoms with E-state index >= 15 is 0 Å². The van der Waals surface area contributed by atoms with Crippen LogP contribution in [0.25, 0.3) is 5.82 Å². The van der Waals surface area contributed by atoms with E-state index in [1.54, 1.807) is 19.3 Å². The maximum absolute atomic E-state index is 11.6. The Morgan fingerprint density at radius 3 is 2.52 bits per heavy atom. The number of imidazole rings is 1. The van der Waals surface area contributed by atoms with Gasteiger partial charge in [-0.25, -0.2) is 9.97 Å². The fraction of sp³-hybridized carbons (Fsp3) is 0.600. The summed E-state index contributed by atoms with van der Waals surface area (Å²) in [5.74, 6) is 2.42. The molecule has 0 aromatic carbocycles. The number of piperidine rings is 2. The van der Waals surface area contributed by atoms with Gasteiger partial charge in [0, 0.05) is 63.3 Å². The molecule has 1 amide bonds. The third-order valence-corrected chi connectivity index (χ3v) is 6.03. The lowest BCUT2D eigenvalue weighted by atomic mass is 9.91. The summed E-state index contributed by atoms with van der Waals surface area (Å²) in [5, 5.41) is 0. The first-order valence-corrected chi connectivity index (χ1v) is 9.94. The number of nitrogens with zero attached hydrogens (tertiary/aromatic N) is 6. The van der Waals surface area contributed by atoms with Crippen molar-refractivity contribution in [2.24, 2.45) is 0 Å². The molecular weight excluding hydrogens is 340 g/mol. The molecule has 2 aliphatic heterocycles. The van der Waals surface area contributed by atoms with E-state index in [-0.39, 0.29) is 5.91 Å². The molecule has 2 aromatic rings. The van der Waals surface area contributed by atoms with Crippen LogP contribution in [0.15, 0.2) is 24.8 Å². The number of amides is 1. The molecule has 0 bridgehead atoms. The zero-order chi connectivity index (χ0) is 18.8. The molecule has 7 nitrogen and oxygen atoms in total. The van der Waals surface area contributed by atoms with E-state index in [1.807, 2.05) is 28.8 Å². The summed E-state index contributed by atoms with van der Waals surface area (Å²) in [7, 11) is 0. The molecule has 1 atom stereocenters. The van der Waals surface area contributed by atoms with Crippen molar-refractivity contribution in [1.29, 1.82) is 0 Å². The largest absolute Gasteiger partial charge is 0.343 e. The maximum atomic E-state index is 11.6. The summed E-state index contributed by atoms with van der Waals surface area (Å²) in [6.45, 7) is 7.59. The molecule has 0 spiro atoms. The van der Waals surface area contributed by atoms with E-state index in [1.165, 1.54) is 6.42 Å². The predicted octanol–water partition coefficient (Wildman–Crippen LogP) is 2.16. The first-order chi connectivity index (χ1) is 13.1. The normalized spacial score (nSPS) is 22.1. The first kappa shape index (κ1) is 18.1. The molecule has 7 heteroatoms. The Labute approximate surface area is 160 Å². The maximum Gasteiger partial charge on any atom is 0.219 e. The van der Waals surface area contributed by atoms with Gasteiger partial charge >= 0.3 is 0 Å². The Balaban J connectivity index is 1.50. The smallest absolute Gasteiger partial charge is 0.219 e. The van der Waals surface area contributed by atoms with E-state index < -0.39 is 0 Å². The Morgan fingerprint density at radius 2 is 1.81 bits per heavy atom. The quantitative estimate of drug-likeness (QED) is 0.831. The van der Waals surface area contributed by atoms with E-state index in [0.717, 1.165) is 62.8 Å². The number of rotatable bonds is 3. The molecule has 2 saturated heterocycles. The third kappa shape index (κ3) is 3.74. The molecule has 4 rings (SSSR count). The molecule has 4 heterocycles. The number of carbonyl (C=O) groups excluding carboxylic acids is 1. The van der Waals surface area contributed by atoms with Crippen LogP contribution in [0.4, 0.5) is 0 Å². The summed E-state index contributed by atoms with van der Waals surface area (Å²) < 4.78 is 2.03. The number of aromatic nitrogens is 4. The molecule has 0 saturated carbocycles. The van der Waals surface area contributed by atoms with Crippen LogP contribution in [0, 0.1) is 6.92 Å². The number of hydrogen-bond acceptors (Lipinski definition) is 5. The van der Waals surface area contributed by atoms with E-state index in [9.17, 15) is 4.79 Å². The fourth-order valence-corrected chi connectivity index (χ4v) is 4.52. The van der Waals surface area contributed by atoms with Crippen molar-refractivity contribution in [3.8, 4) is 5.82 Å². The molecule has 0 radical (unpaired) electrons. The van der Waals surface area contributed by atoms with E-state index in [0.29, 0.717) is 12.0 Å². The zero-order valence-electron chi connectivity index (χ0n) is 16.2. The summed E-state index contributed by atoms with van der Waals surface area (Å²) >= 11 is 0. The lowest BCUT2D eigenvalue weighted by Crippen LogP contribution is -2.49. The van der Waals surface area contributed by atoms with Crippen LogP contribution in [-0.4, -0.2) is 67.4 Å². The van der Waals surface area contributed by atoms with Crippen LogP contribution >= 0.6 is 0 Å². The minimum atomic E-state index is 0.199. The lowest BCUT2D eigenvalue weighted by molar-refractivity contribution is -0.130. The van der Waals surface area contributed by atoms with Crippen molar-refractivity contribution < 1.29 is 4.79 Å². The van der Waals surface area contributed by atoms with Gasteiger partial charge in [0.15, 0.2) is 5.82 Å². The van der Waals surface area contributed by atoms with Gasteiger partial charge in [0.1, 0.15) is 5.82 Å². The molecule has 144 valence electrons. The van der Waals surface area contributed by atoms with Gasteiger partial charge in [0.25, 0.3) is 0 Å². The highest BCUT2D eigenvalue weighted by atomic mass is 16.2. The van der Waals surface area contributed by atoms with Gasteiger partial charge in [0.05, 0.1) is 5.69 Å². The molecule has 2 aliphatic rings. The standard InChI is InChI=1S/C20H28N6O/c1-15-21-9-13-26(15)20-19(22-7-8-23-20)17-4-3-10-25(14-17)18-5-11-24(12-6-18)16(2)27/h7-9,13,17-18H,3-6,10-12,14H2,1-2H3/t17-/m0/s1. The topological polar surface area (TPSA) is 67.2 Å². The summed E-state index contributed by atoms with van der Waals surface area (Å²) in [4.78, 5) is 29.9. The fourth-order valence-electron chi connectivity index (χ4n) is 4.52.